The molecule has 0 saturated heterocycles. The maximum Gasteiger partial charge on any atom is 0.209 e. The molecule has 1 N–H and O–H groups in total. The zero-order valence-corrected chi connectivity index (χ0v) is 11.4. The Bertz CT molecular complexity index is 323. The molecule has 0 amide bonds. The van der Waals surface area contributed by atoms with E-state index in [2.05, 4.69) is 41.6 Å². The van der Waals surface area contributed by atoms with Crippen molar-refractivity contribution in [3.63, 3.8) is 0 Å². The van der Waals surface area contributed by atoms with Gasteiger partial charge in [0.05, 0.1) is 13.2 Å². The number of hydrogen-bond acceptors (Lipinski definition) is 5. The van der Waals surface area contributed by atoms with Crippen LogP contribution in [0.15, 0.2) is 5.16 Å². The first-order valence-electron chi connectivity index (χ1n) is 5.73. The fourth-order valence-corrected chi connectivity index (χ4v) is 2.00. The lowest BCUT2D eigenvalue weighted by Gasteiger charge is -2.20. The van der Waals surface area contributed by atoms with Gasteiger partial charge in [-0.15, -0.1) is 5.10 Å². The molecule has 0 saturated carbocycles. The van der Waals surface area contributed by atoms with Crippen LogP contribution in [0.3, 0.4) is 0 Å². The van der Waals surface area contributed by atoms with Crippen LogP contribution in [0, 0.1) is 0 Å². The predicted octanol–water partition coefficient (Wildman–Crippen LogP) is 1.51. The van der Waals surface area contributed by atoms with E-state index < -0.39 is 0 Å². The lowest BCUT2D eigenvalue weighted by molar-refractivity contribution is 0.396. The van der Waals surface area contributed by atoms with Gasteiger partial charge in [0.25, 0.3) is 0 Å². The average Bonchev–Trinajstić information content (AvgIpc) is 2.64. The second kappa shape index (κ2) is 6.90. The summed E-state index contributed by atoms with van der Waals surface area (Å²) in [6.07, 6.45) is 0.539. The first-order valence-corrected chi connectivity index (χ1v) is 6.71. The van der Waals surface area contributed by atoms with Crippen molar-refractivity contribution >= 4 is 11.8 Å². The Morgan fingerprint density at radius 2 is 2.18 bits per heavy atom. The van der Waals surface area contributed by atoms with Crippen molar-refractivity contribution in [2.75, 3.05) is 19.0 Å². The minimum absolute atomic E-state index is 0.0928. The summed E-state index contributed by atoms with van der Waals surface area (Å²) >= 11 is 1.50. The molecule has 5 nitrogen and oxygen atoms in total. The van der Waals surface area contributed by atoms with Crippen LogP contribution < -0.4 is 5.32 Å². The monoisotopic (exact) mass is 261 g/mol. The van der Waals surface area contributed by atoms with Crippen molar-refractivity contribution in [2.45, 2.75) is 44.4 Å². The minimum atomic E-state index is -0.292. The Hall–Kier alpha value is -0.690. The third-order valence-electron chi connectivity index (χ3n) is 1.99. The maximum atomic E-state index is 12.0. The molecule has 1 aromatic heterocycles. The smallest absolute Gasteiger partial charge is 0.209 e. The largest absolute Gasteiger partial charge is 0.310 e. The molecule has 1 rings (SSSR count). The average molecular weight is 261 g/mol. The van der Waals surface area contributed by atoms with E-state index in [1.807, 2.05) is 0 Å². The van der Waals surface area contributed by atoms with Gasteiger partial charge < -0.3 is 5.32 Å². The second-order valence-electron chi connectivity index (χ2n) is 4.75. The van der Waals surface area contributed by atoms with Crippen molar-refractivity contribution in [1.82, 2.24) is 25.5 Å². The lowest BCUT2D eigenvalue weighted by atomic mass is 10.1. The first-order chi connectivity index (χ1) is 8.03. The van der Waals surface area contributed by atoms with Crippen LogP contribution in [0.4, 0.5) is 4.39 Å². The van der Waals surface area contributed by atoms with Gasteiger partial charge >= 0.3 is 0 Å². The standard InChI is InChI=1S/C10H20FN5S/c1-10(2,3)12-6-7-16-9(13-14-15-16)17-8-4-5-11/h12H,4-8H2,1-3H3. The summed E-state index contributed by atoms with van der Waals surface area (Å²) in [7, 11) is 0. The van der Waals surface area contributed by atoms with Gasteiger partial charge in [-0.3, -0.25) is 4.39 Å². The Kier molecular flexibility index (Phi) is 5.84. The highest BCUT2D eigenvalue weighted by Crippen LogP contribution is 2.14. The zero-order valence-electron chi connectivity index (χ0n) is 10.6. The molecule has 0 aliphatic heterocycles. The van der Waals surface area contributed by atoms with E-state index in [1.165, 1.54) is 11.8 Å². The molecule has 0 aromatic carbocycles. The number of halogens is 1. The van der Waals surface area contributed by atoms with Crippen LogP contribution in [-0.4, -0.2) is 44.7 Å². The number of alkyl halides is 1. The van der Waals surface area contributed by atoms with Gasteiger partial charge in [0.2, 0.25) is 5.16 Å². The normalized spacial score (nSPS) is 12.0. The van der Waals surface area contributed by atoms with E-state index in [-0.39, 0.29) is 12.2 Å². The molecule has 17 heavy (non-hydrogen) atoms. The zero-order chi connectivity index (χ0) is 12.7. The van der Waals surface area contributed by atoms with Gasteiger partial charge in [-0.1, -0.05) is 11.8 Å². The Morgan fingerprint density at radius 3 is 2.82 bits per heavy atom. The highest BCUT2D eigenvalue weighted by molar-refractivity contribution is 7.99. The van der Waals surface area contributed by atoms with E-state index in [0.717, 1.165) is 18.2 Å². The first kappa shape index (κ1) is 14.4. The summed E-state index contributed by atoms with van der Waals surface area (Å²) in [5.74, 6) is 0.712. The molecular formula is C10H20FN5S. The van der Waals surface area contributed by atoms with Gasteiger partial charge in [0, 0.05) is 17.8 Å². The molecule has 1 heterocycles. The molecule has 98 valence electrons. The molecule has 0 fully saturated rings. The van der Waals surface area contributed by atoms with E-state index in [4.69, 9.17) is 0 Å². The molecule has 1 aromatic rings. The number of aromatic nitrogens is 4. The Morgan fingerprint density at radius 1 is 1.41 bits per heavy atom. The maximum absolute atomic E-state index is 12.0. The highest BCUT2D eigenvalue weighted by atomic mass is 32.2. The molecular weight excluding hydrogens is 241 g/mol. The number of nitrogens with one attached hydrogen (secondary N) is 1. The van der Waals surface area contributed by atoms with Gasteiger partial charge in [0.1, 0.15) is 0 Å². The fraction of sp³-hybridized carbons (Fsp3) is 0.900. The third kappa shape index (κ3) is 5.97. The number of tetrazole rings is 1. The summed E-state index contributed by atoms with van der Waals surface area (Å²) in [5.41, 5.74) is 0.0928. The molecule has 0 aliphatic carbocycles. The summed E-state index contributed by atoms with van der Waals surface area (Å²) in [6, 6.07) is 0. The topological polar surface area (TPSA) is 55.6 Å². The van der Waals surface area contributed by atoms with Crippen molar-refractivity contribution in [1.29, 1.82) is 0 Å². The van der Waals surface area contributed by atoms with E-state index in [1.54, 1.807) is 4.68 Å². The quantitative estimate of drug-likeness (QED) is 0.595. The van der Waals surface area contributed by atoms with E-state index >= 15 is 0 Å². The summed E-state index contributed by atoms with van der Waals surface area (Å²) in [5, 5.41) is 15.6. The number of hydrogen-bond donors (Lipinski definition) is 1. The number of nitrogens with zero attached hydrogens (tertiary/aromatic N) is 4. The van der Waals surface area contributed by atoms with Crippen molar-refractivity contribution < 1.29 is 4.39 Å². The third-order valence-corrected chi connectivity index (χ3v) is 3.03. The number of rotatable bonds is 7. The Labute approximate surface area is 106 Å². The molecule has 7 heteroatoms. The lowest BCUT2D eigenvalue weighted by Crippen LogP contribution is -2.38. The minimum Gasteiger partial charge on any atom is -0.310 e. The van der Waals surface area contributed by atoms with Gasteiger partial charge in [-0.2, -0.15) is 0 Å². The van der Waals surface area contributed by atoms with Gasteiger partial charge in [-0.05, 0) is 37.6 Å². The Balaban J connectivity index is 2.35. The van der Waals surface area contributed by atoms with Gasteiger partial charge in [-0.25, -0.2) is 4.68 Å². The molecule has 0 bridgehead atoms. The fourth-order valence-electron chi connectivity index (χ4n) is 1.19. The predicted molar refractivity (Wildman–Crippen MR) is 66.9 cm³/mol. The van der Waals surface area contributed by atoms with Crippen molar-refractivity contribution in [3.8, 4) is 0 Å². The molecule has 0 spiro atoms. The second-order valence-corrected chi connectivity index (χ2v) is 5.81. The summed E-state index contributed by atoms with van der Waals surface area (Å²) in [6.45, 7) is 7.59. The molecule has 0 atom stereocenters. The summed E-state index contributed by atoms with van der Waals surface area (Å²) < 4.78 is 13.7. The van der Waals surface area contributed by atoms with Crippen LogP contribution in [0.2, 0.25) is 0 Å². The summed E-state index contributed by atoms with van der Waals surface area (Å²) in [4.78, 5) is 0. The van der Waals surface area contributed by atoms with Crippen LogP contribution in [0.1, 0.15) is 27.2 Å². The van der Waals surface area contributed by atoms with Crippen molar-refractivity contribution in [3.05, 3.63) is 0 Å². The number of thioether (sulfide) groups is 1. The highest BCUT2D eigenvalue weighted by Gasteiger charge is 2.10. The van der Waals surface area contributed by atoms with Crippen LogP contribution >= 0.6 is 11.8 Å². The van der Waals surface area contributed by atoms with Crippen molar-refractivity contribution in [2.24, 2.45) is 0 Å². The SMILES string of the molecule is CC(C)(C)NCCn1nnnc1SCCCF. The molecule has 0 radical (unpaired) electrons. The molecule has 0 unspecified atom stereocenters. The molecule has 0 aliphatic rings. The van der Waals surface area contributed by atoms with E-state index in [0.29, 0.717) is 12.2 Å². The van der Waals surface area contributed by atoms with Gasteiger partial charge in [0.15, 0.2) is 0 Å². The van der Waals surface area contributed by atoms with Crippen LogP contribution in [-0.2, 0) is 6.54 Å². The van der Waals surface area contributed by atoms with Crippen LogP contribution in [0.5, 0.6) is 0 Å². The van der Waals surface area contributed by atoms with E-state index in [9.17, 15) is 4.39 Å². The van der Waals surface area contributed by atoms with Crippen LogP contribution in [0.25, 0.3) is 0 Å².